The minimum atomic E-state index is -0.0560. The van der Waals surface area contributed by atoms with Crippen molar-refractivity contribution in [2.75, 3.05) is 0 Å². The largest absolute Gasteiger partial charge is 0.409 e. The Morgan fingerprint density at radius 2 is 1.62 bits per heavy atom. The summed E-state index contributed by atoms with van der Waals surface area (Å²) in [6.45, 7) is 7.67. The van der Waals surface area contributed by atoms with Gasteiger partial charge in [-0.25, -0.2) is 19.9 Å². The molecule has 0 fully saturated rings. The number of amidine groups is 1. The second-order valence-electron chi connectivity index (χ2n) is 4.57. The average molecular weight is 304 g/mol. The van der Waals surface area contributed by atoms with Crippen molar-refractivity contribution in [3.05, 3.63) is 34.4 Å². The van der Waals surface area contributed by atoms with E-state index in [0.717, 1.165) is 22.6 Å². The molecule has 0 radical (unpaired) electrons. The molecule has 0 aromatic carbocycles. The summed E-state index contributed by atoms with van der Waals surface area (Å²) in [5.74, 6) is -0.0560. The van der Waals surface area contributed by atoms with Gasteiger partial charge in [0.1, 0.15) is 5.69 Å². The Bertz CT molecular complexity index is 693. The SMILES string of the molecule is Cc1cc(/C(N)=N/O)nc(Sc2nc(C)c(C)c(C)n2)n1. The number of rotatable bonds is 3. The van der Waals surface area contributed by atoms with Crippen molar-refractivity contribution in [3.8, 4) is 0 Å². The Hall–Kier alpha value is -2.22. The number of hydrogen-bond donors (Lipinski definition) is 2. The molecule has 2 rings (SSSR count). The van der Waals surface area contributed by atoms with Crippen LogP contribution in [-0.2, 0) is 0 Å². The third-order valence-corrected chi connectivity index (χ3v) is 3.73. The summed E-state index contributed by atoms with van der Waals surface area (Å²) in [6, 6.07) is 1.64. The highest BCUT2D eigenvalue weighted by atomic mass is 32.2. The summed E-state index contributed by atoms with van der Waals surface area (Å²) in [4.78, 5) is 17.4. The van der Waals surface area contributed by atoms with Crippen LogP contribution in [0.3, 0.4) is 0 Å². The molecule has 0 bridgehead atoms. The number of hydrogen-bond acceptors (Lipinski definition) is 7. The molecule has 2 aromatic rings. The number of aromatic nitrogens is 4. The molecule has 0 aliphatic heterocycles. The molecule has 110 valence electrons. The van der Waals surface area contributed by atoms with Crippen molar-refractivity contribution in [1.29, 1.82) is 0 Å². The van der Waals surface area contributed by atoms with E-state index in [-0.39, 0.29) is 5.84 Å². The molecule has 0 amide bonds. The topological polar surface area (TPSA) is 110 Å². The first-order valence-electron chi connectivity index (χ1n) is 6.24. The van der Waals surface area contributed by atoms with Gasteiger partial charge >= 0.3 is 0 Å². The van der Waals surface area contributed by atoms with Gasteiger partial charge in [0.25, 0.3) is 0 Å². The Kier molecular flexibility index (Phi) is 4.37. The zero-order valence-corrected chi connectivity index (χ0v) is 13.1. The monoisotopic (exact) mass is 304 g/mol. The van der Waals surface area contributed by atoms with Crippen molar-refractivity contribution in [1.82, 2.24) is 19.9 Å². The molecule has 0 saturated heterocycles. The van der Waals surface area contributed by atoms with Gasteiger partial charge in [-0.3, -0.25) is 0 Å². The highest BCUT2D eigenvalue weighted by molar-refractivity contribution is 7.99. The van der Waals surface area contributed by atoms with E-state index in [2.05, 4.69) is 25.1 Å². The van der Waals surface area contributed by atoms with Crippen molar-refractivity contribution >= 4 is 17.6 Å². The van der Waals surface area contributed by atoms with E-state index < -0.39 is 0 Å². The number of nitrogens with two attached hydrogens (primary N) is 1. The van der Waals surface area contributed by atoms with Crippen molar-refractivity contribution < 1.29 is 5.21 Å². The van der Waals surface area contributed by atoms with Gasteiger partial charge in [0.2, 0.25) is 0 Å². The minimum Gasteiger partial charge on any atom is -0.409 e. The summed E-state index contributed by atoms with van der Waals surface area (Å²) in [5.41, 5.74) is 9.57. The second-order valence-corrected chi connectivity index (χ2v) is 5.50. The van der Waals surface area contributed by atoms with E-state index >= 15 is 0 Å². The maximum atomic E-state index is 8.73. The van der Waals surface area contributed by atoms with Crippen LogP contribution in [0.2, 0.25) is 0 Å². The molecule has 0 aliphatic carbocycles. The zero-order chi connectivity index (χ0) is 15.6. The van der Waals surface area contributed by atoms with Gasteiger partial charge in [-0.1, -0.05) is 5.16 Å². The highest BCUT2D eigenvalue weighted by Gasteiger charge is 2.11. The first-order chi connectivity index (χ1) is 9.90. The lowest BCUT2D eigenvalue weighted by Gasteiger charge is -2.07. The maximum Gasteiger partial charge on any atom is 0.196 e. The van der Waals surface area contributed by atoms with Gasteiger partial charge < -0.3 is 10.9 Å². The Morgan fingerprint density at radius 3 is 2.19 bits per heavy atom. The summed E-state index contributed by atoms with van der Waals surface area (Å²) in [7, 11) is 0. The number of oxime groups is 1. The fraction of sp³-hybridized carbons (Fsp3) is 0.308. The summed E-state index contributed by atoms with van der Waals surface area (Å²) in [6.07, 6.45) is 0. The third-order valence-electron chi connectivity index (χ3n) is 3.00. The van der Waals surface area contributed by atoms with Gasteiger partial charge in [-0.15, -0.1) is 0 Å². The van der Waals surface area contributed by atoms with E-state index in [9.17, 15) is 0 Å². The van der Waals surface area contributed by atoms with Gasteiger partial charge in [-0.05, 0) is 51.1 Å². The van der Waals surface area contributed by atoms with Crippen LogP contribution in [-0.4, -0.2) is 31.0 Å². The molecule has 8 heteroatoms. The van der Waals surface area contributed by atoms with Crippen molar-refractivity contribution in [3.63, 3.8) is 0 Å². The Morgan fingerprint density at radius 1 is 1.05 bits per heavy atom. The van der Waals surface area contributed by atoms with E-state index in [1.54, 1.807) is 6.07 Å². The second kappa shape index (κ2) is 6.04. The molecule has 0 aliphatic rings. The zero-order valence-electron chi connectivity index (χ0n) is 12.2. The van der Waals surface area contributed by atoms with E-state index in [1.807, 2.05) is 27.7 Å². The molecule has 0 spiro atoms. The van der Waals surface area contributed by atoms with Gasteiger partial charge in [0.05, 0.1) is 0 Å². The standard InChI is InChI=1S/C13H16N6OS/c1-6-5-10(11(14)19-20)18-12(15-6)21-13-16-8(3)7(2)9(4)17-13/h5,20H,1-4H3,(H2,14,19). The summed E-state index contributed by atoms with van der Waals surface area (Å²) in [5, 5.41) is 12.7. The molecule has 7 nitrogen and oxygen atoms in total. The molecule has 0 saturated carbocycles. The van der Waals surface area contributed by atoms with Gasteiger partial charge in [0, 0.05) is 17.1 Å². The van der Waals surface area contributed by atoms with E-state index in [1.165, 1.54) is 11.8 Å². The fourth-order valence-electron chi connectivity index (χ4n) is 1.64. The van der Waals surface area contributed by atoms with Crippen LogP contribution < -0.4 is 5.73 Å². The Balaban J connectivity index is 2.38. The van der Waals surface area contributed by atoms with Crippen molar-refractivity contribution in [2.24, 2.45) is 10.9 Å². The normalized spacial score (nSPS) is 11.7. The van der Waals surface area contributed by atoms with E-state index in [4.69, 9.17) is 10.9 Å². The first kappa shape index (κ1) is 15.2. The molecular formula is C13H16N6OS. The maximum absolute atomic E-state index is 8.73. The van der Waals surface area contributed by atoms with Gasteiger partial charge in [0.15, 0.2) is 16.1 Å². The molecule has 3 N–H and O–H groups in total. The third kappa shape index (κ3) is 3.46. The van der Waals surface area contributed by atoms with Crippen LogP contribution in [0.25, 0.3) is 0 Å². The molecular weight excluding hydrogens is 288 g/mol. The van der Waals surface area contributed by atoms with E-state index in [0.29, 0.717) is 16.0 Å². The quantitative estimate of drug-likeness (QED) is 0.292. The number of aryl methyl sites for hydroxylation is 3. The van der Waals surface area contributed by atoms with Crippen LogP contribution >= 0.6 is 11.8 Å². The Labute approximate surface area is 126 Å². The lowest BCUT2D eigenvalue weighted by Crippen LogP contribution is -2.16. The highest BCUT2D eigenvalue weighted by Crippen LogP contribution is 2.23. The number of nitrogens with zero attached hydrogens (tertiary/aromatic N) is 5. The van der Waals surface area contributed by atoms with Crippen LogP contribution in [0.15, 0.2) is 21.5 Å². The minimum absolute atomic E-state index is 0.0560. The summed E-state index contributed by atoms with van der Waals surface area (Å²) < 4.78 is 0. The van der Waals surface area contributed by atoms with Crippen LogP contribution in [0.4, 0.5) is 0 Å². The van der Waals surface area contributed by atoms with Crippen LogP contribution in [0.5, 0.6) is 0 Å². The predicted octanol–water partition coefficient (Wildman–Crippen LogP) is 1.75. The molecule has 2 heterocycles. The predicted molar refractivity (Wildman–Crippen MR) is 79.6 cm³/mol. The molecule has 2 aromatic heterocycles. The molecule has 0 atom stereocenters. The lowest BCUT2D eigenvalue weighted by atomic mass is 10.2. The van der Waals surface area contributed by atoms with Gasteiger partial charge in [-0.2, -0.15) is 0 Å². The smallest absolute Gasteiger partial charge is 0.196 e. The summed E-state index contributed by atoms with van der Waals surface area (Å²) >= 11 is 1.24. The van der Waals surface area contributed by atoms with Crippen LogP contribution in [0, 0.1) is 27.7 Å². The lowest BCUT2D eigenvalue weighted by molar-refractivity contribution is 0.318. The van der Waals surface area contributed by atoms with Crippen LogP contribution in [0.1, 0.15) is 28.3 Å². The van der Waals surface area contributed by atoms with Crippen molar-refractivity contribution in [2.45, 2.75) is 38.0 Å². The molecule has 21 heavy (non-hydrogen) atoms. The fourth-order valence-corrected chi connectivity index (χ4v) is 2.50. The average Bonchev–Trinajstić information content (AvgIpc) is 2.43. The molecule has 0 unspecified atom stereocenters. The first-order valence-corrected chi connectivity index (χ1v) is 7.05.